The topological polar surface area (TPSA) is 35.5 Å². The van der Waals surface area contributed by atoms with Gasteiger partial charge in [-0.1, -0.05) is 90.0 Å². The van der Waals surface area contributed by atoms with E-state index in [-0.39, 0.29) is 0 Å². The Balaban J connectivity index is 1.92. The molecular formula is C28H25O3P. The lowest BCUT2D eigenvalue weighted by atomic mass is 9.91. The lowest BCUT2D eigenvalue weighted by Gasteiger charge is -2.31. The van der Waals surface area contributed by atoms with Crippen molar-refractivity contribution in [2.24, 2.45) is 0 Å². The van der Waals surface area contributed by atoms with Crippen LogP contribution in [-0.2, 0) is 13.6 Å². The van der Waals surface area contributed by atoms with Gasteiger partial charge in [0.05, 0.1) is 11.9 Å². The molecule has 0 radical (unpaired) electrons. The summed E-state index contributed by atoms with van der Waals surface area (Å²) >= 11 is 0. The fourth-order valence-electron chi connectivity index (χ4n) is 4.42. The van der Waals surface area contributed by atoms with Crippen LogP contribution < -0.4 is 5.30 Å². The minimum Gasteiger partial charge on any atom is -0.420 e. The molecule has 0 bridgehead atoms. The van der Waals surface area contributed by atoms with Gasteiger partial charge in [-0.3, -0.25) is 4.52 Å². The van der Waals surface area contributed by atoms with Gasteiger partial charge in [0.15, 0.2) is 0 Å². The van der Waals surface area contributed by atoms with Crippen LogP contribution >= 0.6 is 7.60 Å². The summed E-state index contributed by atoms with van der Waals surface area (Å²) in [6.45, 7) is 6.26. The Kier molecular flexibility index (Phi) is 5.25. The molecule has 1 aliphatic heterocycles. The third kappa shape index (κ3) is 3.48. The molecule has 1 aliphatic rings. The van der Waals surface area contributed by atoms with Crippen LogP contribution in [0.15, 0.2) is 84.9 Å². The zero-order valence-electron chi connectivity index (χ0n) is 18.5. The lowest BCUT2D eigenvalue weighted by molar-refractivity contribution is 0.279. The molecule has 160 valence electrons. The van der Waals surface area contributed by atoms with E-state index in [1.807, 2.05) is 62.4 Å². The van der Waals surface area contributed by atoms with E-state index in [1.54, 1.807) is 0 Å². The Labute approximate surface area is 188 Å². The lowest BCUT2D eigenvalue weighted by Crippen LogP contribution is -2.21. The molecular weight excluding hydrogens is 415 g/mol. The van der Waals surface area contributed by atoms with Crippen molar-refractivity contribution >= 4 is 35.0 Å². The highest BCUT2D eigenvalue weighted by Crippen LogP contribution is 2.58. The number of rotatable bonds is 4. The molecule has 0 saturated carbocycles. The van der Waals surface area contributed by atoms with Crippen LogP contribution in [0.2, 0.25) is 0 Å². The monoisotopic (exact) mass is 440 g/mol. The van der Waals surface area contributed by atoms with E-state index < -0.39 is 7.60 Å². The molecule has 4 heteroatoms. The average Bonchev–Trinajstić information content (AvgIpc) is 2.78. The number of benzene rings is 4. The predicted octanol–water partition coefficient (Wildman–Crippen LogP) is 7.26. The number of aryl methyl sites for hydroxylation is 2. The maximum Gasteiger partial charge on any atom is 0.412 e. The Morgan fingerprint density at radius 2 is 1.50 bits per heavy atom. The zero-order chi connectivity index (χ0) is 22.3. The van der Waals surface area contributed by atoms with Gasteiger partial charge in [0.25, 0.3) is 0 Å². The molecule has 1 unspecified atom stereocenters. The first kappa shape index (κ1) is 20.8. The first-order valence-corrected chi connectivity index (χ1v) is 12.4. The Morgan fingerprint density at radius 1 is 0.812 bits per heavy atom. The summed E-state index contributed by atoms with van der Waals surface area (Å²) in [5, 5.41) is 2.55. The van der Waals surface area contributed by atoms with Gasteiger partial charge in [-0.25, -0.2) is 4.57 Å². The number of fused-ring (bicyclic) bond motifs is 3. The molecule has 0 aromatic heterocycles. The van der Waals surface area contributed by atoms with Crippen LogP contribution in [0.4, 0.5) is 0 Å². The second kappa shape index (κ2) is 8.09. The highest BCUT2D eigenvalue weighted by atomic mass is 31.2. The maximum atomic E-state index is 14.3. The van der Waals surface area contributed by atoms with Crippen molar-refractivity contribution in [3.05, 3.63) is 113 Å². The molecule has 32 heavy (non-hydrogen) atoms. The number of hydrogen-bond acceptors (Lipinski definition) is 3. The van der Waals surface area contributed by atoms with Crippen LogP contribution in [0.3, 0.4) is 0 Å². The summed E-state index contributed by atoms with van der Waals surface area (Å²) in [5.41, 5.74) is 6.01. The van der Waals surface area contributed by atoms with Gasteiger partial charge in [-0.05, 0) is 43.2 Å². The number of hydrogen-bond donors (Lipinski definition) is 0. The molecule has 0 spiro atoms. The largest absolute Gasteiger partial charge is 0.420 e. The Hall–Kier alpha value is -3.13. The third-order valence-electron chi connectivity index (χ3n) is 5.77. The predicted molar refractivity (Wildman–Crippen MR) is 132 cm³/mol. The van der Waals surface area contributed by atoms with Crippen molar-refractivity contribution in [3.63, 3.8) is 0 Å². The molecule has 4 aromatic rings. The van der Waals surface area contributed by atoms with Gasteiger partial charge in [-0.2, -0.15) is 0 Å². The summed E-state index contributed by atoms with van der Waals surface area (Å²) in [7, 11) is -3.61. The summed E-state index contributed by atoms with van der Waals surface area (Å²) < 4.78 is 26.6. The second-order valence-corrected chi connectivity index (χ2v) is 10.0. The normalized spacial score (nSPS) is 17.8. The van der Waals surface area contributed by atoms with Gasteiger partial charge < -0.3 is 4.52 Å². The molecule has 0 amide bonds. The van der Waals surface area contributed by atoms with Crippen LogP contribution in [0.5, 0.6) is 0 Å². The van der Waals surface area contributed by atoms with E-state index >= 15 is 0 Å². The Bertz CT molecular complexity index is 1420. The van der Waals surface area contributed by atoms with Crippen LogP contribution in [0.1, 0.15) is 34.7 Å². The molecule has 0 saturated heterocycles. The maximum absolute atomic E-state index is 14.3. The first-order chi connectivity index (χ1) is 15.5. The fourth-order valence-corrected chi connectivity index (χ4v) is 6.45. The quantitative estimate of drug-likeness (QED) is 0.313. The highest BCUT2D eigenvalue weighted by Gasteiger charge is 2.41. The Morgan fingerprint density at radius 3 is 2.22 bits per heavy atom. The van der Waals surface area contributed by atoms with E-state index in [2.05, 4.69) is 43.3 Å². The summed E-state index contributed by atoms with van der Waals surface area (Å²) in [5.74, 6) is 0.596. The van der Waals surface area contributed by atoms with Gasteiger partial charge in [0.2, 0.25) is 0 Å². The van der Waals surface area contributed by atoms with E-state index in [9.17, 15) is 4.57 Å². The minimum absolute atomic E-state index is 0.292. The van der Waals surface area contributed by atoms with Gasteiger partial charge >= 0.3 is 7.60 Å². The molecule has 0 aliphatic carbocycles. The molecule has 4 aromatic carbocycles. The second-order valence-electron chi connectivity index (χ2n) is 8.13. The zero-order valence-corrected chi connectivity index (χ0v) is 19.4. The van der Waals surface area contributed by atoms with Crippen molar-refractivity contribution < 1.29 is 13.6 Å². The molecule has 5 rings (SSSR count). The molecule has 1 heterocycles. The van der Waals surface area contributed by atoms with Crippen molar-refractivity contribution in [1.29, 1.82) is 0 Å². The minimum atomic E-state index is -3.61. The summed E-state index contributed by atoms with van der Waals surface area (Å²) in [6, 6.07) is 28.6. The van der Waals surface area contributed by atoms with Crippen molar-refractivity contribution in [2.75, 3.05) is 6.61 Å². The van der Waals surface area contributed by atoms with E-state index in [1.165, 1.54) is 0 Å². The summed E-state index contributed by atoms with van der Waals surface area (Å²) in [6.07, 6.45) is 0. The first-order valence-electron chi connectivity index (χ1n) is 10.9. The molecule has 0 fully saturated rings. The van der Waals surface area contributed by atoms with Crippen molar-refractivity contribution in [3.8, 4) is 0 Å². The SMILES string of the molecule is CCOP1(=O)OC(c2cccc(C)c2)=C(c2cccc(C)c2)c2ccc3ccccc3c21. The van der Waals surface area contributed by atoms with Crippen molar-refractivity contribution in [2.45, 2.75) is 20.8 Å². The molecule has 1 atom stereocenters. The smallest absolute Gasteiger partial charge is 0.412 e. The van der Waals surface area contributed by atoms with Crippen molar-refractivity contribution in [1.82, 2.24) is 0 Å². The van der Waals surface area contributed by atoms with E-state index in [0.717, 1.165) is 44.2 Å². The molecule has 3 nitrogen and oxygen atoms in total. The van der Waals surface area contributed by atoms with Gasteiger partial charge in [0, 0.05) is 16.7 Å². The van der Waals surface area contributed by atoms with E-state index in [4.69, 9.17) is 9.05 Å². The summed E-state index contributed by atoms with van der Waals surface area (Å²) in [4.78, 5) is 0. The standard InChI is InChI=1S/C28H25O3P/c1-4-30-32(29)28-24-14-6-5-11-21(24)15-16-25(28)26(22-12-7-9-19(2)17-22)27(31-32)23-13-8-10-20(3)18-23/h5-18H,4H2,1-3H3. The fraction of sp³-hybridized carbons (Fsp3) is 0.143. The highest BCUT2D eigenvalue weighted by molar-refractivity contribution is 7.63. The van der Waals surface area contributed by atoms with Crippen LogP contribution in [-0.4, -0.2) is 6.61 Å². The molecule has 0 N–H and O–H groups in total. The van der Waals surface area contributed by atoms with Crippen LogP contribution in [0, 0.1) is 13.8 Å². The van der Waals surface area contributed by atoms with E-state index in [0.29, 0.717) is 17.7 Å². The average molecular weight is 440 g/mol. The van der Waals surface area contributed by atoms with Crippen LogP contribution in [0.25, 0.3) is 22.1 Å². The van der Waals surface area contributed by atoms with Gasteiger partial charge in [0.1, 0.15) is 5.76 Å². The van der Waals surface area contributed by atoms with Gasteiger partial charge in [-0.15, -0.1) is 0 Å². The third-order valence-corrected chi connectivity index (χ3v) is 7.82.